The molecule has 0 aliphatic heterocycles. The molecule has 4 aromatic rings. The highest BCUT2D eigenvalue weighted by molar-refractivity contribution is 6.30. The number of fused-ring (bicyclic) bond motifs is 1. The number of halogens is 1. The summed E-state index contributed by atoms with van der Waals surface area (Å²) < 4.78 is 14.4. The minimum atomic E-state index is -0.180. The van der Waals surface area contributed by atoms with Crippen molar-refractivity contribution in [1.29, 1.82) is 0 Å². The first kappa shape index (κ1) is 19.1. The molecular weight excluding hydrogens is 390 g/mol. The van der Waals surface area contributed by atoms with E-state index < -0.39 is 0 Å². The van der Waals surface area contributed by atoms with Gasteiger partial charge < -0.3 is 14.0 Å². The number of methoxy groups -OCH3 is 1. The summed E-state index contributed by atoms with van der Waals surface area (Å²) in [6.07, 6.45) is 3.49. The summed E-state index contributed by atoms with van der Waals surface area (Å²) in [4.78, 5) is 17.3. The summed E-state index contributed by atoms with van der Waals surface area (Å²) in [5, 5.41) is 0.644. The van der Waals surface area contributed by atoms with E-state index in [4.69, 9.17) is 21.1 Å². The smallest absolute Gasteiger partial charge is 0.333 e. The molecule has 0 spiro atoms. The Hall–Kier alpha value is -3.25. The lowest BCUT2D eigenvalue weighted by Gasteiger charge is -2.12. The highest BCUT2D eigenvalue weighted by atomic mass is 35.5. The van der Waals surface area contributed by atoms with Gasteiger partial charge in [-0.15, -0.1) is 0 Å². The minimum absolute atomic E-state index is 0.180. The Labute approximate surface area is 172 Å². The van der Waals surface area contributed by atoms with Crippen molar-refractivity contribution in [3.05, 3.63) is 81.6 Å². The van der Waals surface area contributed by atoms with Crippen LogP contribution in [0.3, 0.4) is 0 Å². The van der Waals surface area contributed by atoms with E-state index in [0.717, 1.165) is 22.4 Å². The summed E-state index contributed by atoms with van der Waals surface area (Å²) in [5.74, 6) is 1.40. The highest BCUT2D eigenvalue weighted by Crippen LogP contribution is 2.32. The van der Waals surface area contributed by atoms with Gasteiger partial charge in [0.2, 0.25) is 0 Å². The van der Waals surface area contributed by atoms with Crippen molar-refractivity contribution in [3.8, 4) is 22.6 Å². The largest absolute Gasteiger partial charge is 0.496 e. The van der Waals surface area contributed by atoms with E-state index in [0.29, 0.717) is 22.1 Å². The molecule has 0 saturated heterocycles. The van der Waals surface area contributed by atoms with Gasteiger partial charge in [0.25, 0.3) is 0 Å². The van der Waals surface area contributed by atoms with E-state index in [1.54, 1.807) is 50.8 Å². The number of hydrogen-bond donors (Lipinski definition) is 0. The van der Waals surface area contributed by atoms with Crippen molar-refractivity contribution >= 4 is 17.2 Å². The molecule has 6 nitrogen and oxygen atoms in total. The third-order valence-electron chi connectivity index (χ3n) is 4.67. The monoisotopic (exact) mass is 409 g/mol. The van der Waals surface area contributed by atoms with E-state index in [9.17, 15) is 4.79 Å². The molecule has 2 aromatic carbocycles. The predicted molar refractivity (Wildman–Crippen MR) is 113 cm³/mol. The molecule has 0 bridgehead atoms. The molecule has 2 heterocycles. The van der Waals surface area contributed by atoms with Crippen LogP contribution in [0, 0.1) is 6.92 Å². The Morgan fingerprint density at radius 1 is 1.07 bits per heavy atom. The van der Waals surface area contributed by atoms with Crippen LogP contribution < -0.4 is 15.2 Å². The Morgan fingerprint density at radius 2 is 1.83 bits per heavy atom. The number of nitrogens with zero attached hydrogens (tertiary/aromatic N) is 3. The maximum Gasteiger partial charge on any atom is 0.333 e. The van der Waals surface area contributed by atoms with Gasteiger partial charge in [0.05, 0.1) is 12.8 Å². The lowest BCUT2D eigenvalue weighted by Crippen LogP contribution is -2.23. The fourth-order valence-corrected chi connectivity index (χ4v) is 3.35. The first-order valence-electron chi connectivity index (χ1n) is 9.07. The molecule has 0 aliphatic carbocycles. The molecule has 7 heteroatoms. The van der Waals surface area contributed by atoms with Crippen molar-refractivity contribution in [3.63, 3.8) is 0 Å². The van der Waals surface area contributed by atoms with Crippen molar-refractivity contribution in [1.82, 2.24) is 14.0 Å². The molecule has 0 atom stereocenters. The first-order chi connectivity index (χ1) is 14.0. The maximum absolute atomic E-state index is 12.7. The summed E-state index contributed by atoms with van der Waals surface area (Å²) >= 11 is 5.91. The van der Waals surface area contributed by atoms with E-state index in [-0.39, 0.29) is 12.3 Å². The summed E-state index contributed by atoms with van der Waals surface area (Å²) in [6, 6.07) is 13.0. The maximum atomic E-state index is 12.7. The van der Waals surface area contributed by atoms with Gasteiger partial charge in [0, 0.05) is 35.6 Å². The van der Waals surface area contributed by atoms with Crippen molar-refractivity contribution < 1.29 is 9.47 Å². The summed E-state index contributed by atoms with van der Waals surface area (Å²) in [7, 11) is 3.35. The number of rotatable bonds is 5. The fourth-order valence-electron chi connectivity index (χ4n) is 3.22. The number of imidazole rings is 1. The van der Waals surface area contributed by atoms with Gasteiger partial charge in [-0.25, -0.2) is 9.78 Å². The first-order valence-corrected chi connectivity index (χ1v) is 9.45. The summed E-state index contributed by atoms with van der Waals surface area (Å²) in [6.45, 7) is 2.25. The van der Waals surface area contributed by atoms with Crippen LogP contribution in [0.1, 0.15) is 11.3 Å². The third-order valence-corrected chi connectivity index (χ3v) is 4.92. The minimum Gasteiger partial charge on any atom is -0.496 e. The zero-order valence-electron chi connectivity index (χ0n) is 16.3. The Balaban J connectivity index is 1.79. The second-order valence-corrected chi connectivity index (χ2v) is 7.24. The van der Waals surface area contributed by atoms with Crippen LogP contribution in [0.4, 0.5) is 0 Å². The second kappa shape index (κ2) is 7.64. The van der Waals surface area contributed by atoms with E-state index in [1.165, 1.54) is 8.97 Å². The quantitative estimate of drug-likeness (QED) is 0.494. The van der Waals surface area contributed by atoms with Gasteiger partial charge >= 0.3 is 5.69 Å². The van der Waals surface area contributed by atoms with Crippen LogP contribution in [0.25, 0.3) is 16.8 Å². The van der Waals surface area contributed by atoms with Gasteiger partial charge in [0.15, 0.2) is 5.65 Å². The van der Waals surface area contributed by atoms with E-state index >= 15 is 0 Å². The number of ether oxygens (including phenoxy) is 2. The molecule has 2 aromatic heterocycles. The van der Waals surface area contributed by atoms with Gasteiger partial charge in [-0.2, -0.15) is 0 Å². The fraction of sp³-hybridized carbons (Fsp3) is 0.182. The molecule has 0 amide bonds. The molecule has 0 unspecified atom stereocenters. The SMILES string of the molecule is COc1ccc(C)cc1-c1cn(C)c(=O)n2cc(COc3ccc(Cl)cc3)nc12. The number of aromatic nitrogens is 3. The molecule has 0 radical (unpaired) electrons. The van der Waals surface area contributed by atoms with Gasteiger partial charge in [-0.1, -0.05) is 23.2 Å². The van der Waals surface area contributed by atoms with Crippen LogP contribution >= 0.6 is 11.6 Å². The lowest BCUT2D eigenvalue weighted by atomic mass is 10.0. The van der Waals surface area contributed by atoms with Crippen LogP contribution in [0.2, 0.25) is 5.02 Å². The highest BCUT2D eigenvalue weighted by Gasteiger charge is 2.16. The Kier molecular flexibility index (Phi) is 5.03. The van der Waals surface area contributed by atoms with Crippen LogP contribution in [0.5, 0.6) is 11.5 Å². The zero-order valence-corrected chi connectivity index (χ0v) is 17.1. The molecular formula is C22H20ClN3O3. The third kappa shape index (κ3) is 3.71. The zero-order chi connectivity index (χ0) is 20.5. The average molecular weight is 410 g/mol. The van der Waals surface area contributed by atoms with E-state index in [2.05, 4.69) is 4.98 Å². The van der Waals surface area contributed by atoms with Crippen LogP contribution in [-0.4, -0.2) is 21.1 Å². The van der Waals surface area contributed by atoms with Crippen LogP contribution in [0.15, 0.2) is 59.7 Å². The molecule has 148 valence electrons. The second-order valence-electron chi connectivity index (χ2n) is 6.81. The normalized spacial score (nSPS) is 11.0. The molecule has 4 rings (SSSR count). The number of hydrogen-bond acceptors (Lipinski definition) is 4. The molecule has 0 fully saturated rings. The Morgan fingerprint density at radius 3 is 2.55 bits per heavy atom. The summed E-state index contributed by atoms with van der Waals surface area (Å²) in [5.41, 5.74) is 3.81. The average Bonchev–Trinajstić information content (AvgIpc) is 3.15. The molecule has 0 aliphatic rings. The predicted octanol–water partition coefficient (Wildman–Crippen LogP) is 4.25. The topological polar surface area (TPSA) is 57.8 Å². The number of benzene rings is 2. The van der Waals surface area contributed by atoms with Gasteiger partial charge in [-0.05, 0) is 43.3 Å². The van der Waals surface area contributed by atoms with Crippen LogP contribution in [-0.2, 0) is 13.7 Å². The standard InChI is InChI=1S/C22H20ClN3O3/c1-14-4-9-20(28-3)18(10-14)19-12-25(2)22(27)26-11-16(24-21(19)26)13-29-17-7-5-15(23)6-8-17/h4-12H,13H2,1-3H3. The van der Waals surface area contributed by atoms with Gasteiger partial charge in [0.1, 0.15) is 18.1 Å². The molecule has 0 N–H and O–H groups in total. The molecule has 0 saturated carbocycles. The van der Waals surface area contributed by atoms with Crippen molar-refractivity contribution in [2.24, 2.45) is 7.05 Å². The van der Waals surface area contributed by atoms with Crippen molar-refractivity contribution in [2.75, 3.05) is 7.11 Å². The van der Waals surface area contributed by atoms with Crippen molar-refractivity contribution in [2.45, 2.75) is 13.5 Å². The Bertz CT molecular complexity index is 1240. The van der Waals surface area contributed by atoms with E-state index in [1.807, 2.05) is 25.1 Å². The lowest BCUT2D eigenvalue weighted by molar-refractivity contribution is 0.302. The van der Waals surface area contributed by atoms with Gasteiger partial charge in [-0.3, -0.25) is 4.40 Å². The number of aryl methyl sites for hydroxylation is 2. The molecule has 29 heavy (non-hydrogen) atoms.